The van der Waals surface area contributed by atoms with Gasteiger partial charge in [0.15, 0.2) is 5.96 Å². The standard InChI is InChI=1S/C22H37N5O/c1-3-26-15-7-8-19(26)16-24-22(23)25-17-21(27-13-5-4-6-14-27)18-9-11-20(28-2)12-10-18/h9-12,19,21H,3-8,13-17H2,1-2H3,(H3,23,24,25). The van der Waals surface area contributed by atoms with Crippen LogP contribution in [0.25, 0.3) is 0 Å². The summed E-state index contributed by atoms with van der Waals surface area (Å²) >= 11 is 0. The van der Waals surface area contributed by atoms with Crippen molar-refractivity contribution in [2.75, 3.05) is 46.4 Å². The van der Waals surface area contributed by atoms with E-state index < -0.39 is 0 Å². The van der Waals surface area contributed by atoms with Crippen molar-refractivity contribution in [3.63, 3.8) is 0 Å². The van der Waals surface area contributed by atoms with Crippen LogP contribution in [0, 0.1) is 0 Å². The predicted molar refractivity (Wildman–Crippen MR) is 116 cm³/mol. The molecule has 1 aromatic carbocycles. The SMILES string of the molecule is CCN1CCCC1CNC(N)=NCC(c1ccc(OC)cc1)N1CCCCC1. The molecule has 0 bridgehead atoms. The van der Waals surface area contributed by atoms with E-state index in [0.29, 0.717) is 18.5 Å². The average Bonchev–Trinajstić information content (AvgIpc) is 3.21. The minimum atomic E-state index is 0.269. The molecule has 0 radical (unpaired) electrons. The maximum absolute atomic E-state index is 6.22. The highest BCUT2D eigenvalue weighted by Crippen LogP contribution is 2.26. The number of piperidine rings is 1. The van der Waals surface area contributed by atoms with Gasteiger partial charge in [-0.1, -0.05) is 25.5 Å². The number of hydrogen-bond donors (Lipinski definition) is 2. The van der Waals surface area contributed by atoms with Gasteiger partial charge in [0.25, 0.3) is 0 Å². The third-order valence-electron chi connectivity index (χ3n) is 6.19. The lowest BCUT2D eigenvalue weighted by molar-refractivity contribution is 0.167. The lowest BCUT2D eigenvalue weighted by Gasteiger charge is -2.34. The van der Waals surface area contributed by atoms with Crippen molar-refractivity contribution >= 4 is 5.96 Å². The fraction of sp³-hybridized carbons (Fsp3) is 0.682. The first-order valence-electron chi connectivity index (χ1n) is 10.9. The Kier molecular flexibility index (Phi) is 7.98. The van der Waals surface area contributed by atoms with Crippen LogP contribution >= 0.6 is 0 Å². The van der Waals surface area contributed by atoms with E-state index in [1.165, 1.54) is 44.2 Å². The van der Waals surface area contributed by atoms with Gasteiger partial charge in [-0.15, -0.1) is 0 Å². The van der Waals surface area contributed by atoms with E-state index in [1.807, 2.05) is 12.1 Å². The molecule has 2 aliphatic heterocycles. The van der Waals surface area contributed by atoms with Crippen LogP contribution in [0.1, 0.15) is 50.6 Å². The molecule has 2 unspecified atom stereocenters. The first kappa shape index (κ1) is 20.9. The summed E-state index contributed by atoms with van der Waals surface area (Å²) in [6.45, 7) is 8.38. The Morgan fingerprint density at radius 2 is 1.93 bits per heavy atom. The van der Waals surface area contributed by atoms with Gasteiger partial charge in [-0.3, -0.25) is 14.8 Å². The van der Waals surface area contributed by atoms with Gasteiger partial charge in [0.05, 0.1) is 19.7 Å². The van der Waals surface area contributed by atoms with Gasteiger partial charge in [0.1, 0.15) is 5.75 Å². The van der Waals surface area contributed by atoms with Crippen LogP contribution < -0.4 is 15.8 Å². The normalized spacial score (nSPS) is 22.9. The largest absolute Gasteiger partial charge is 0.497 e. The second-order valence-electron chi connectivity index (χ2n) is 7.92. The highest BCUT2D eigenvalue weighted by Gasteiger charge is 2.24. The van der Waals surface area contributed by atoms with E-state index in [4.69, 9.17) is 15.5 Å². The number of nitrogens with one attached hydrogen (secondary N) is 1. The quantitative estimate of drug-likeness (QED) is 0.530. The summed E-state index contributed by atoms with van der Waals surface area (Å²) in [5.74, 6) is 1.46. The molecule has 1 aromatic rings. The average molecular weight is 388 g/mol. The van der Waals surface area contributed by atoms with Gasteiger partial charge in [-0.05, 0) is 69.6 Å². The Bertz CT molecular complexity index is 612. The Morgan fingerprint density at radius 1 is 1.18 bits per heavy atom. The molecule has 6 heteroatoms. The molecular formula is C22H37N5O. The third kappa shape index (κ3) is 5.61. The van der Waals surface area contributed by atoms with Crippen molar-refractivity contribution in [2.45, 2.75) is 51.1 Å². The molecule has 0 aliphatic carbocycles. The molecule has 2 fully saturated rings. The van der Waals surface area contributed by atoms with E-state index in [0.717, 1.165) is 31.9 Å². The number of nitrogens with two attached hydrogens (primary N) is 1. The molecule has 6 nitrogen and oxygen atoms in total. The highest BCUT2D eigenvalue weighted by atomic mass is 16.5. The number of ether oxygens (including phenoxy) is 1. The monoisotopic (exact) mass is 387 g/mol. The predicted octanol–water partition coefficient (Wildman–Crippen LogP) is 2.61. The molecule has 2 saturated heterocycles. The summed E-state index contributed by atoms with van der Waals surface area (Å²) < 4.78 is 5.32. The summed E-state index contributed by atoms with van der Waals surface area (Å²) in [5.41, 5.74) is 7.51. The van der Waals surface area contributed by atoms with Crippen LogP contribution in [0.5, 0.6) is 5.75 Å². The van der Waals surface area contributed by atoms with Gasteiger partial charge >= 0.3 is 0 Å². The van der Waals surface area contributed by atoms with Crippen LogP contribution in [0.15, 0.2) is 29.3 Å². The number of likely N-dealkylation sites (N-methyl/N-ethyl adjacent to an activating group) is 1. The highest BCUT2D eigenvalue weighted by molar-refractivity contribution is 5.77. The first-order chi connectivity index (χ1) is 13.7. The van der Waals surface area contributed by atoms with Gasteiger partial charge < -0.3 is 15.8 Å². The van der Waals surface area contributed by atoms with Crippen LogP contribution in [-0.2, 0) is 0 Å². The topological polar surface area (TPSA) is 66.1 Å². The number of benzene rings is 1. The Morgan fingerprint density at radius 3 is 2.61 bits per heavy atom. The fourth-order valence-electron chi connectivity index (χ4n) is 4.49. The molecule has 3 N–H and O–H groups in total. The second-order valence-corrected chi connectivity index (χ2v) is 7.92. The van der Waals surface area contributed by atoms with E-state index >= 15 is 0 Å². The molecule has 0 amide bonds. The zero-order chi connectivity index (χ0) is 19.8. The summed E-state index contributed by atoms with van der Waals surface area (Å²) in [6, 6.07) is 9.25. The van der Waals surface area contributed by atoms with Crippen LogP contribution in [0.3, 0.4) is 0 Å². The Labute approximate surface area is 170 Å². The lowest BCUT2D eigenvalue weighted by atomic mass is 10.0. The van der Waals surface area contributed by atoms with Crippen LogP contribution in [0.4, 0.5) is 0 Å². The number of rotatable bonds is 8. The molecular weight excluding hydrogens is 350 g/mol. The molecule has 0 saturated carbocycles. The number of aliphatic imine (C=N–C) groups is 1. The van der Waals surface area contributed by atoms with Gasteiger partial charge in [-0.2, -0.15) is 0 Å². The summed E-state index contributed by atoms with van der Waals surface area (Å²) in [7, 11) is 1.71. The van der Waals surface area contributed by atoms with Crippen molar-refractivity contribution in [1.29, 1.82) is 0 Å². The zero-order valence-corrected chi connectivity index (χ0v) is 17.6. The molecule has 2 atom stereocenters. The van der Waals surface area contributed by atoms with Gasteiger partial charge in [-0.25, -0.2) is 0 Å². The van der Waals surface area contributed by atoms with Crippen LogP contribution in [0.2, 0.25) is 0 Å². The molecule has 28 heavy (non-hydrogen) atoms. The Hall–Kier alpha value is -1.79. The first-order valence-corrected chi connectivity index (χ1v) is 10.9. The zero-order valence-electron chi connectivity index (χ0n) is 17.6. The summed E-state index contributed by atoms with van der Waals surface area (Å²) in [6.07, 6.45) is 6.38. The minimum Gasteiger partial charge on any atom is -0.497 e. The molecule has 3 rings (SSSR count). The molecule has 2 aliphatic rings. The second kappa shape index (κ2) is 10.7. The van der Waals surface area contributed by atoms with Crippen molar-refractivity contribution in [1.82, 2.24) is 15.1 Å². The van der Waals surface area contributed by atoms with E-state index in [-0.39, 0.29) is 6.04 Å². The summed E-state index contributed by atoms with van der Waals surface area (Å²) in [5, 5.41) is 3.36. The van der Waals surface area contributed by atoms with E-state index in [2.05, 4.69) is 34.2 Å². The third-order valence-corrected chi connectivity index (χ3v) is 6.19. The van der Waals surface area contributed by atoms with Crippen molar-refractivity contribution < 1.29 is 4.74 Å². The van der Waals surface area contributed by atoms with E-state index in [1.54, 1.807) is 7.11 Å². The number of hydrogen-bond acceptors (Lipinski definition) is 4. The Balaban J connectivity index is 1.61. The maximum Gasteiger partial charge on any atom is 0.188 e. The molecule has 0 aromatic heterocycles. The lowest BCUT2D eigenvalue weighted by Crippen LogP contribution is -2.43. The number of nitrogens with zero attached hydrogens (tertiary/aromatic N) is 3. The van der Waals surface area contributed by atoms with Crippen LogP contribution in [-0.4, -0.2) is 68.2 Å². The molecule has 0 spiro atoms. The smallest absolute Gasteiger partial charge is 0.188 e. The van der Waals surface area contributed by atoms with Crippen molar-refractivity contribution in [3.8, 4) is 5.75 Å². The van der Waals surface area contributed by atoms with E-state index in [9.17, 15) is 0 Å². The van der Waals surface area contributed by atoms with Gasteiger partial charge in [0, 0.05) is 12.6 Å². The number of methoxy groups -OCH3 is 1. The number of likely N-dealkylation sites (tertiary alicyclic amines) is 2. The molecule has 156 valence electrons. The number of guanidine groups is 1. The minimum absolute atomic E-state index is 0.269. The molecule has 2 heterocycles. The maximum atomic E-state index is 6.22. The van der Waals surface area contributed by atoms with Gasteiger partial charge in [0.2, 0.25) is 0 Å². The van der Waals surface area contributed by atoms with Crippen molar-refractivity contribution in [3.05, 3.63) is 29.8 Å². The van der Waals surface area contributed by atoms with Crippen molar-refractivity contribution in [2.24, 2.45) is 10.7 Å². The fourth-order valence-corrected chi connectivity index (χ4v) is 4.49. The summed E-state index contributed by atoms with van der Waals surface area (Å²) in [4.78, 5) is 9.80.